The number of aliphatic hydroxyl groups excluding tert-OH is 2. The van der Waals surface area contributed by atoms with Crippen LogP contribution in [0.15, 0.2) is 47.5 Å². The van der Waals surface area contributed by atoms with Gasteiger partial charge in [0.15, 0.2) is 5.11 Å². The Morgan fingerprint density at radius 2 is 2.07 bits per heavy atom. The molecule has 5 N–H and O–H groups in total. The lowest BCUT2D eigenvalue weighted by Crippen LogP contribution is -2.45. The molecule has 2 heterocycles. The molecule has 0 bridgehead atoms. The monoisotopic (exact) mass is 402 g/mol. The summed E-state index contributed by atoms with van der Waals surface area (Å²) in [6, 6.07) is 12.3. The molecule has 142 valence electrons. The Morgan fingerprint density at radius 3 is 2.85 bits per heavy atom. The Balaban J connectivity index is 1.74. The zero-order valence-corrected chi connectivity index (χ0v) is 16.3. The van der Waals surface area contributed by atoms with Gasteiger partial charge in [0.2, 0.25) is 0 Å². The van der Waals surface area contributed by atoms with Gasteiger partial charge >= 0.3 is 0 Å². The highest BCUT2D eigenvalue weighted by atomic mass is 32.1. The first-order valence-corrected chi connectivity index (χ1v) is 9.91. The van der Waals surface area contributed by atoms with E-state index in [0.717, 1.165) is 39.5 Å². The second-order valence-electron chi connectivity index (χ2n) is 5.99. The number of hydrazine groups is 1. The van der Waals surface area contributed by atoms with E-state index in [2.05, 4.69) is 45.4 Å². The summed E-state index contributed by atoms with van der Waals surface area (Å²) in [5.74, 6) is 0. The molecule has 0 saturated heterocycles. The molecule has 0 radical (unpaired) electrons. The minimum atomic E-state index is -0.850. The molecule has 27 heavy (non-hydrogen) atoms. The van der Waals surface area contributed by atoms with Crippen LogP contribution in [0.1, 0.15) is 17.7 Å². The number of allylic oxidation sites excluding steroid dienone is 1. The number of hydrogen-bond donors (Lipinski definition) is 5. The van der Waals surface area contributed by atoms with Gasteiger partial charge in [-0.3, -0.25) is 15.8 Å². The smallest absolute Gasteiger partial charge is 0.185 e. The maximum absolute atomic E-state index is 9.39. The van der Waals surface area contributed by atoms with Gasteiger partial charge in [0.25, 0.3) is 0 Å². The number of hydrogen-bond acceptors (Lipinski definition) is 6. The quantitative estimate of drug-likeness (QED) is 0.377. The lowest BCUT2D eigenvalue weighted by Gasteiger charge is -2.16. The molecular formula is C19H22N4O2S2. The number of aliphatic hydroxyl groups is 2. The van der Waals surface area contributed by atoms with E-state index in [1.54, 1.807) is 11.3 Å². The molecule has 3 rings (SSSR count). The van der Waals surface area contributed by atoms with Gasteiger partial charge in [0.1, 0.15) is 0 Å². The fraction of sp³-hybridized carbons (Fsp3) is 0.263. The topological polar surface area (TPSA) is 88.9 Å². The number of rotatable bonds is 6. The Bertz CT molecular complexity index is 833. The van der Waals surface area contributed by atoms with Gasteiger partial charge in [0, 0.05) is 17.6 Å². The van der Waals surface area contributed by atoms with Crippen molar-refractivity contribution in [3.63, 3.8) is 0 Å². The number of benzene rings is 1. The Morgan fingerprint density at radius 1 is 1.26 bits per heavy atom. The van der Waals surface area contributed by atoms with Gasteiger partial charge in [-0.05, 0) is 36.7 Å². The van der Waals surface area contributed by atoms with Crippen molar-refractivity contribution in [3.05, 3.63) is 47.4 Å². The first kappa shape index (κ1) is 19.5. The summed E-state index contributed by atoms with van der Waals surface area (Å²) in [6.45, 7) is -0.136. The van der Waals surface area contributed by atoms with E-state index in [-0.39, 0.29) is 13.2 Å². The average Bonchev–Trinajstić information content (AvgIpc) is 3.10. The Hall–Kier alpha value is -2.26. The van der Waals surface area contributed by atoms with Crippen molar-refractivity contribution < 1.29 is 10.2 Å². The van der Waals surface area contributed by atoms with Crippen LogP contribution >= 0.6 is 23.6 Å². The molecule has 1 aliphatic heterocycles. The van der Waals surface area contributed by atoms with Crippen LogP contribution in [-0.4, -0.2) is 40.8 Å². The predicted octanol–water partition coefficient (Wildman–Crippen LogP) is 2.57. The molecule has 1 aromatic carbocycles. The molecule has 2 aromatic rings. The predicted molar refractivity (Wildman–Crippen MR) is 115 cm³/mol. The van der Waals surface area contributed by atoms with Gasteiger partial charge in [-0.2, -0.15) is 0 Å². The summed E-state index contributed by atoms with van der Waals surface area (Å²) in [5, 5.41) is 21.4. The van der Waals surface area contributed by atoms with Crippen LogP contribution in [0.25, 0.3) is 16.1 Å². The average molecular weight is 403 g/mol. The second kappa shape index (κ2) is 9.61. The van der Waals surface area contributed by atoms with Crippen LogP contribution in [0.4, 0.5) is 5.69 Å². The van der Waals surface area contributed by atoms with Gasteiger partial charge in [0.05, 0.1) is 29.0 Å². The van der Waals surface area contributed by atoms with E-state index in [9.17, 15) is 5.11 Å². The van der Waals surface area contributed by atoms with E-state index in [4.69, 9.17) is 17.3 Å². The highest BCUT2D eigenvalue weighted by Gasteiger charge is 2.15. The van der Waals surface area contributed by atoms with Crippen LogP contribution in [0.3, 0.4) is 0 Å². The number of nitrogens with zero attached hydrogens (tertiary/aromatic N) is 1. The van der Waals surface area contributed by atoms with Crippen LogP contribution in [-0.2, 0) is 0 Å². The molecule has 1 unspecified atom stereocenters. The molecule has 1 aromatic heterocycles. The molecule has 0 spiro atoms. The van der Waals surface area contributed by atoms with E-state index in [0.29, 0.717) is 5.11 Å². The number of thiocarbonyl (C=S) groups is 1. The normalized spacial score (nSPS) is 16.3. The van der Waals surface area contributed by atoms with Crippen LogP contribution in [0.5, 0.6) is 0 Å². The molecule has 1 aliphatic rings. The standard InChI is InChI=1S/C19H22N4O2S2/c24-12-14(25)11-21-19(26)23-22-15-8-4-5-9-20-16-10-17(27-18(15)16)13-6-2-1-3-7-13/h1-3,6-10,14,22,24-25H,4-5,11-12H2,(H2,21,23,26)/b15-8+,20-9?. The van der Waals surface area contributed by atoms with Gasteiger partial charge in [-0.15, -0.1) is 11.3 Å². The zero-order valence-electron chi connectivity index (χ0n) is 14.7. The van der Waals surface area contributed by atoms with Crippen molar-refractivity contribution in [1.29, 1.82) is 0 Å². The third-order valence-electron chi connectivity index (χ3n) is 3.91. The van der Waals surface area contributed by atoms with Crippen molar-refractivity contribution in [2.24, 2.45) is 4.99 Å². The molecule has 6 nitrogen and oxygen atoms in total. The number of nitrogens with one attached hydrogen (secondary N) is 3. The summed E-state index contributed by atoms with van der Waals surface area (Å²) in [5.41, 5.74) is 9.09. The second-order valence-corrected chi connectivity index (χ2v) is 7.45. The largest absolute Gasteiger partial charge is 0.394 e. The third kappa shape index (κ3) is 5.36. The molecule has 0 saturated carbocycles. The number of fused-ring (bicyclic) bond motifs is 1. The lowest BCUT2D eigenvalue weighted by atomic mass is 10.1. The summed E-state index contributed by atoms with van der Waals surface area (Å²) >= 11 is 6.87. The molecular weight excluding hydrogens is 380 g/mol. The maximum atomic E-state index is 9.39. The fourth-order valence-corrected chi connectivity index (χ4v) is 3.76. The van der Waals surface area contributed by atoms with E-state index >= 15 is 0 Å². The first-order chi connectivity index (χ1) is 13.2. The third-order valence-corrected chi connectivity index (χ3v) is 5.36. The number of thiophene rings is 1. The van der Waals surface area contributed by atoms with Crippen LogP contribution < -0.4 is 16.2 Å². The number of aliphatic imine (C=N–C) groups is 1. The summed E-state index contributed by atoms with van der Waals surface area (Å²) in [6.07, 6.45) is 4.95. The molecule has 0 aliphatic carbocycles. The minimum absolute atomic E-state index is 0.176. The zero-order chi connectivity index (χ0) is 19.1. The minimum Gasteiger partial charge on any atom is -0.394 e. The molecule has 8 heteroatoms. The highest BCUT2D eigenvalue weighted by Crippen LogP contribution is 2.40. The van der Waals surface area contributed by atoms with Crippen LogP contribution in [0, 0.1) is 0 Å². The fourth-order valence-electron chi connectivity index (χ4n) is 2.52. The van der Waals surface area contributed by atoms with Crippen molar-refractivity contribution >= 4 is 46.3 Å². The summed E-state index contributed by atoms with van der Waals surface area (Å²) in [7, 11) is 0. The van der Waals surface area contributed by atoms with Gasteiger partial charge < -0.3 is 15.5 Å². The van der Waals surface area contributed by atoms with Crippen LogP contribution in [0.2, 0.25) is 0 Å². The van der Waals surface area contributed by atoms with Gasteiger partial charge in [-0.1, -0.05) is 36.4 Å². The van der Waals surface area contributed by atoms with E-state index < -0.39 is 6.10 Å². The SMILES string of the molecule is OCC(O)CNC(=S)NN/C1=C/CCC=Nc2cc(-c3ccccc3)sc21. The lowest BCUT2D eigenvalue weighted by molar-refractivity contribution is 0.0982. The maximum Gasteiger partial charge on any atom is 0.185 e. The Kier molecular flexibility index (Phi) is 6.94. The first-order valence-electron chi connectivity index (χ1n) is 8.68. The van der Waals surface area contributed by atoms with Gasteiger partial charge in [-0.25, -0.2) is 0 Å². The van der Waals surface area contributed by atoms with Crippen molar-refractivity contribution in [1.82, 2.24) is 16.2 Å². The van der Waals surface area contributed by atoms with Crippen molar-refractivity contribution in [3.8, 4) is 10.4 Å². The van der Waals surface area contributed by atoms with Crippen molar-refractivity contribution in [2.45, 2.75) is 18.9 Å². The van der Waals surface area contributed by atoms with E-state index in [1.807, 2.05) is 24.4 Å². The Labute approximate surface area is 167 Å². The highest BCUT2D eigenvalue weighted by molar-refractivity contribution is 7.80. The summed E-state index contributed by atoms with van der Waals surface area (Å²) in [4.78, 5) is 6.80. The molecule has 0 amide bonds. The molecule has 0 fully saturated rings. The molecule has 1 atom stereocenters. The summed E-state index contributed by atoms with van der Waals surface area (Å²) < 4.78 is 0. The van der Waals surface area contributed by atoms with Crippen molar-refractivity contribution in [2.75, 3.05) is 13.2 Å². The van der Waals surface area contributed by atoms with E-state index in [1.165, 1.54) is 0 Å².